The zero-order valence-electron chi connectivity index (χ0n) is 23.3. The van der Waals surface area contributed by atoms with Gasteiger partial charge in [0.15, 0.2) is 12.1 Å². The summed E-state index contributed by atoms with van der Waals surface area (Å²) < 4.78 is 9.37. The molecule has 3 aromatic carbocycles. The monoisotopic (exact) mass is 692 g/mol. The number of halogens is 3. The number of hydrogen-bond donors (Lipinski definition) is 3. The fourth-order valence-corrected chi connectivity index (χ4v) is 6.79. The van der Waals surface area contributed by atoms with E-state index in [1.165, 1.54) is 24.3 Å². The van der Waals surface area contributed by atoms with E-state index in [0.29, 0.717) is 11.1 Å². The summed E-state index contributed by atoms with van der Waals surface area (Å²) in [4.78, 5) is 54.6. The molecule has 5 atom stereocenters. The topological polar surface area (TPSA) is 142 Å². The van der Waals surface area contributed by atoms with E-state index < -0.39 is 69.4 Å². The Kier molecular flexibility index (Phi) is 9.97. The number of fused-ring (bicyclic) bond motifs is 1. The lowest BCUT2D eigenvalue weighted by Crippen LogP contribution is -2.77. The number of rotatable bonds is 10. The van der Waals surface area contributed by atoms with Gasteiger partial charge in [0.2, 0.25) is 9.70 Å². The molecule has 14 heteroatoms. The van der Waals surface area contributed by atoms with E-state index in [1.807, 2.05) is 12.1 Å². The van der Waals surface area contributed by atoms with Crippen LogP contribution in [0.15, 0.2) is 91.0 Å². The molecule has 3 N–H and O–H groups in total. The van der Waals surface area contributed by atoms with Gasteiger partial charge in [-0.3, -0.25) is 9.59 Å². The van der Waals surface area contributed by atoms with E-state index in [2.05, 4.69) is 5.32 Å². The molecule has 2 fully saturated rings. The molecule has 0 aromatic heterocycles. The van der Waals surface area contributed by atoms with Crippen molar-refractivity contribution in [3.05, 3.63) is 108 Å². The Bertz CT molecular complexity index is 1510. The molecule has 2 amide bonds. The number of carbonyl (C=O) groups is 4. The number of carboxylic acid groups (broad SMARTS) is 1. The Hall–Kier alpha value is -3.32. The van der Waals surface area contributed by atoms with Crippen molar-refractivity contribution >= 4 is 70.3 Å². The molecule has 10 nitrogen and oxygen atoms in total. The minimum Gasteiger partial charge on any atom is -0.478 e. The fraction of sp³-hybridized carbons (Fsp3) is 0.290. The maximum Gasteiger partial charge on any atom is 0.350 e. The number of benzene rings is 3. The molecular weight excluding hydrogens is 667 g/mol. The normalized spacial score (nSPS) is 22.5. The largest absolute Gasteiger partial charge is 0.478 e. The number of hydrogen-bond acceptors (Lipinski definition) is 8. The van der Waals surface area contributed by atoms with Crippen molar-refractivity contribution in [1.82, 2.24) is 10.2 Å². The first-order valence-corrected chi connectivity index (χ1v) is 15.8. The van der Waals surface area contributed by atoms with Gasteiger partial charge in [0.05, 0.1) is 12.7 Å². The minimum absolute atomic E-state index is 0.0362. The van der Waals surface area contributed by atoms with Crippen LogP contribution < -0.4 is 5.32 Å². The Morgan fingerprint density at radius 2 is 1.47 bits per heavy atom. The number of aliphatic carboxylic acids is 1. The van der Waals surface area contributed by atoms with Crippen molar-refractivity contribution < 1.29 is 38.9 Å². The van der Waals surface area contributed by atoms with Crippen molar-refractivity contribution in [2.45, 2.75) is 39.1 Å². The number of alkyl halides is 3. The second-order valence-electron chi connectivity index (χ2n) is 10.3. The van der Waals surface area contributed by atoms with Crippen LogP contribution in [-0.4, -0.2) is 78.6 Å². The lowest BCUT2D eigenvalue weighted by Gasteiger charge is -2.53. The van der Waals surface area contributed by atoms with Crippen molar-refractivity contribution in [1.29, 1.82) is 0 Å². The van der Waals surface area contributed by atoms with E-state index in [-0.39, 0.29) is 11.3 Å². The molecular formula is C31H27Cl3N2O8S. The summed E-state index contributed by atoms with van der Waals surface area (Å²) in [6.45, 7) is -0.765. The van der Waals surface area contributed by atoms with Crippen LogP contribution in [0.4, 0.5) is 0 Å². The maximum absolute atomic E-state index is 13.7. The SMILES string of the molecule is O=C(OC(c1ccccc1)c1ccccc1)[C@H]1C(O)CS[C@H]2[C@H](NC(=O)C(OCC(Cl)(Cl)Cl)(C(=O)O)c3ccccc3)C(=O)N12. The van der Waals surface area contributed by atoms with Gasteiger partial charge < -0.3 is 29.9 Å². The summed E-state index contributed by atoms with van der Waals surface area (Å²) in [6.07, 6.45) is -2.08. The molecule has 45 heavy (non-hydrogen) atoms. The molecule has 0 saturated carbocycles. The van der Waals surface area contributed by atoms with Crippen LogP contribution in [0.25, 0.3) is 0 Å². The zero-order chi connectivity index (χ0) is 32.4. The van der Waals surface area contributed by atoms with E-state index in [9.17, 15) is 29.4 Å². The van der Waals surface area contributed by atoms with Crippen molar-refractivity contribution in [3.63, 3.8) is 0 Å². The van der Waals surface area contributed by atoms with Crippen molar-refractivity contribution in [2.75, 3.05) is 12.4 Å². The van der Waals surface area contributed by atoms with Crippen LogP contribution >= 0.6 is 46.6 Å². The number of nitrogens with one attached hydrogen (secondary N) is 1. The van der Waals surface area contributed by atoms with Crippen LogP contribution in [0.2, 0.25) is 0 Å². The number of thioether (sulfide) groups is 1. The van der Waals surface area contributed by atoms with E-state index in [0.717, 1.165) is 16.7 Å². The summed E-state index contributed by atoms with van der Waals surface area (Å²) in [7, 11) is 0. The molecule has 3 aromatic rings. The number of amides is 2. The third-order valence-electron chi connectivity index (χ3n) is 7.40. The Labute approximate surface area is 277 Å². The number of esters is 1. The molecule has 2 aliphatic heterocycles. The zero-order valence-corrected chi connectivity index (χ0v) is 26.4. The van der Waals surface area contributed by atoms with Gasteiger partial charge in [-0.1, -0.05) is 126 Å². The number of aliphatic hydroxyl groups excluding tert-OH is 1. The smallest absolute Gasteiger partial charge is 0.350 e. The Morgan fingerprint density at radius 3 is 1.98 bits per heavy atom. The predicted molar refractivity (Wildman–Crippen MR) is 168 cm³/mol. The van der Waals surface area contributed by atoms with E-state index >= 15 is 0 Å². The molecule has 0 radical (unpaired) electrons. The average molecular weight is 694 g/mol. The maximum atomic E-state index is 13.7. The van der Waals surface area contributed by atoms with Crippen LogP contribution in [0.3, 0.4) is 0 Å². The Morgan fingerprint density at radius 1 is 0.933 bits per heavy atom. The van der Waals surface area contributed by atoms with Gasteiger partial charge in [-0.15, -0.1) is 11.8 Å². The molecule has 0 aliphatic carbocycles. The van der Waals surface area contributed by atoms with Gasteiger partial charge in [-0.05, 0) is 11.1 Å². The highest BCUT2D eigenvalue weighted by molar-refractivity contribution is 8.00. The number of aliphatic hydroxyl groups is 1. The summed E-state index contributed by atoms with van der Waals surface area (Å²) in [5.41, 5.74) is -1.38. The standard InChI is InChI=1S/C31H27Cl3N2O8S/c32-30(33,34)17-43-31(29(41)42,20-14-8-3-9-15-20)28(40)35-22-25(38)36-23(21(37)16-45-26(22)36)27(39)44-24(18-10-4-1-5-11-18)19-12-6-2-7-13-19/h1-15,21-24,26,37H,16-17H2,(H,35,40)(H,41,42)/t21?,22-,23-,26+,31?/m1/s1. The van der Waals surface area contributed by atoms with E-state index in [1.54, 1.807) is 54.6 Å². The molecule has 2 saturated heterocycles. The predicted octanol–water partition coefficient (Wildman–Crippen LogP) is 3.82. The summed E-state index contributed by atoms with van der Waals surface area (Å²) in [6, 6.07) is 22.8. The molecule has 236 valence electrons. The van der Waals surface area contributed by atoms with E-state index in [4.69, 9.17) is 44.3 Å². The number of β-lactam (4-membered cyclic amide) rings is 1. The molecule has 2 unspecified atom stereocenters. The lowest BCUT2D eigenvalue weighted by molar-refractivity contribution is -0.180. The Balaban J connectivity index is 1.38. The first-order valence-electron chi connectivity index (χ1n) is 13.7. The van der Waals surface area contributed by atoms with Gasteiger partial charge in [0.1, 0.15) is 11.4 Å². The van der Waals surface area contributed by atoms with Gasteiger partial charge in [-0.2, -0.15) is 0 Å². The first-order chi connectivity index (χ1) is 21.4. The molecule has 2 aliphatic rings. The van der Waals surface area contributed by atoms with Gasteiger partial charge >= 0.3 is 11.9 Å². The first kappa shape index (κ1) is 33.1. The molecule has 0 spiro atoms. The van der Waals surface area contributed by atoms with Crippen molar-refractivity contribution in [3.8, 4) is 0 Å². The van der Waals surface area contributed by atoms with Crippen molar-refractivity contribution in [2.24, 2.45) is 0 Å². The highest BCUT2D eigenvalue weighted by atomic mass is 35.6. The van der Waals surface area contributed by atoms with Gasteiger partial charge in [0.25, 0.3) is 11.5 Å². The number of carbonyl (C=O) groups excluding carboxylic acids is 3. The average Bonchev–Trinajstić information content (AvgIpc) is 3.03. The third kappa shape index (κ3) is 6.79. The van der Waals surface area contributed by atoms with Crippen LogP contribution in [-0.2, 0) is 34.3 Å². The second kappa shape index (κ2) is 13.6. The minimum atomic E-state index is -2.68. The summed E-state index contributed by atoms with van der Waals surface area (Å²) in [5, 5.41) is 22.8. The lowest BCUT2D eigenvalue weighted by atomic mass is 9.91. The summed E-state index contributed by atoms with van der Waals surface area (Å²) >= 11 is 18.6. The summed E-state index contributed by atoms with van der Waals surface area (Å²) in [5.74, 6) is -4.41. The van der Waals surface area contributed by atoms with Gasteiger partial charge in [-0.25, -0.2) is 9.59 Å². The quantitative estimate of drug-likeness (QED) is 0.125. The molecule has 2 heterocycles. The number of carboxylic acids is 1. The van der Waals surface area contributed by atoms with Crippen LogP contribution in [0, 0.1) is 0 Å². The third-order valence-corrected chi connectivity index (χ3v) is 9.10. The molecule has 0 bridgehead atoms. The second-order valence-corrected chi connectivity index (χ2v) is 14.0. The fourth-order valence-electron chi connectivity index (χ4n) is 5.27. The number of ether oxygens (including phenoxy) is 2. The van der Waals surface area contributed by atoms with Crippen LogP contribution in [0.1, 0.15) is 22.8 Å². The molecule has 5 rings (SSSR count). The highest BCUT2D eigenvalue weighted by Crippen LogP contribution is 2.41. The van der Waals surface area contributed by atoms with Crippen LogP contribution in [0.5, 0.6) is 0 Å². The van der Waals surface area contributed by atoms with Gasteiger partial charge in [0, 0.05) is 11.3 Å². The highest BCUT2D eigenvalue weighted by Gasteiger charge is 2.60. The number of nitrogens with zero attached hydrogens (tertiary/aromatic N) is 1.